The van der Waals surface area contributed by atoms with Gasteiger partial charge in [-0.2, -0.15) is 5.10 Å². The molecular weight excluding hydrogens is 382 g/mol. The number of nitrogens with one attached hydrogen (secondary N) is 3. The summed E-state index contributed by atoms with van der Waals surface area (Å²) >= 11 is 0. The molecule has 0 atom stereocenters. The van der Waals surface area contributed by atoms with Crippen molar-refractivity contribution in [1.29, 1.82) is 0 Å². The van der Waals surface area contributed by atoms with E-state index in [0.29, 0.717) is 17.7 Å². The summed E-state index contributed by atoms with van der Waals surface area (Å²) in [7, 11) is 1.67. The van der Waals surface area contributed by atoms with Crippen LogP contribution in [0, 0.1) is 6.57 Å². The van der Waals surface area contributed by atoms with E-state index in [9.17, 15) is 0 Å². The summed E-state index contributed by atoms with van der Waals surface area (Å²) in [6, 6.07) is 8.54. The predicted molar refractivity (Wildman–Crippen MR) is 113 cm³/mol. The molecule has 30 heavy (non-hydrogen) atoms. The van der Waals surface area contributed by atoms with E-state index in [4.69, 9.17) is 16.0 Å². The van der Waals surface area contributed by atoms with Crippen LogP contribution in [0.3, 0.4) is 0 Å². The van der Waals surface area contributed by atoms with Crippen molar-refractivity contribution in [3.8, 4) is 17.0 Å². The number of methoxy groups -OCH3 is 1. The second-order valence-corrected chi connectivity index (χ2v) is 6.97. The number of hydrogen-bond acceptors (Lipinski definition) is 7. The fourth-order valence-electron chi connectivity index (χ4n) is 3.33. The van der Waals surface area contributed by atoms with E-state index >= 15 is 0 Å². The van der Waals surface area contributed by atoms with Crippen LogP contribution in [-0.4, -0.2) is 46.5 Å². The summed E-state index contributed by atoms with van der Waals surface area (Å²) in [5, 5.41) is 14.0. The molecule has 1 aliphatic heterocycles. The van der Waals surface area contributed by atoms with Crippen molar-refractivity contribution in [2.24, 2.45) is 0 Å². The van der Waals surface area contributed by atoms with Crippen LogP contribution in [0.4, 0.5) is 17.5 Å². The topological polar surface area (TPSA) is 101 Å². The average molecular weight is 405 g/mol. The van der Waals surface area contributed by atoms with Crippen molar-refractivity contribution in [3.63, 3.8) is 0 Å². The molecule has 1 fully saturated rings. The minimum atomic E-state index is 0.249. The molecule has 0 radical (unpaired) electrons. The third kappa shape index (κ3) is 4.74. The van der Waals surface area contributed by atoms with Crippen LogP contribution >= 0.6 is 0 Å². The lowest BCUT2D eigenvalue weighted by Gasteiger charge is -2.23. The van der Waals surface area contributed by atoms with Gasteiger partial charge < -0.3 is 25.0 Å². The second-order valence-electron chi connectivity index (χ2n) is 6.97. The number of H-pyrrole nitrogens is 1. The Hall–Kier alpha value is -3.48. The molecule has 3 N–H and O–H groups in total. The molecule has 154 valence electrons. The maximum absolute atomic E-state index is 6.93. The van der Waals surface area contributed by atoms with Crippen molar-refractivity contribution in [2.75, 3.05) is 25.6 Å². The van der Waals surface area contributed by atoms with Crippen LogP contribution in [-0.2, 0) is 11.3 Å². The van der Waals surface area contributed by atoms with Gasteiger partial charge in [0.2, 0.25) is 0 Å². The van der Waals surface area contributed by atoms with Gasteiger partial charge in [-0.25, -0.2) is 4.98 Å². The second kappa shape index (κ2) is 9.35. The zero-order valence-electron chi connectivity index (χ0n) is 16.7. The monoisotopic (exact) mass is 405 g/mol. The van der Waals surface area contributed by atoms with Crippen LogP contribution in [0.15, 0.2) is 36.7 Å². The number of benzene rings is 1. The SMILES string of the molecule is [C-]#[N+]c1cnc(Nc2cc(-c3ccc(CNC4CCOCC4)cc3OC)[nH]n2)cn1. The van der Waals surface area contributed by atoms with Gasteiger partial charge in [0, 0.05) is 37.4 Å². The Morgan fingerprint density at radius 3 is 2.80 bits per heavy atom. The lowest BCUT2D eigenvalue weighted by molar-refractivity contribution is 0.0776. The van der Waals surface area contributed by atoms with Gasteiger partial charge in [0.05, 0.1) is 19.0 Å². The molecular formula is C21H23N7O2. The Bertz CT molecular complexity index is 1020. The summed E-state index contributed by atoms with van der Waals surface area (Å²) < 4.78 is 11.0. The molecule has 0 saturated carbocycles. The highest BCUT2D eigenvalue weighted by molar-refractivity contribution is 5.71. The maximum atomic E-state index is 6.93. The van der Waals surface area contributed by atoms with Gasteiger partial charge >= 0.3 is 0 Å². The third-order valence-corrected chi connectivity index (χ3v) is 4.96. The third-order valence-electron chi connectivity index (χ3n) is 4.96. The van der Waals surface area contributed by atoms with E-state index in [-0.39, 0.29) is 5.82 Å². The van der Waals surface area contributed by atoms with Crippen LogP contribution in [0.5, 0.6) is 5.75 Å². The van der Waals surface area contributed by atoms with Gasteiger partial charge in [0.15, 0.2) is 17.8 Å². The molecule has 0 unspecified atom stereocenters. The highest BCUT2D eigenvalue weighted by Gasteiger charge is 2.14. The first kappa shape index (κ1) is 19.8. The molecule has 1 aromatic carbocycles. The largest absolute Gasteiger partial charge is 0.496 e. The number of ether oxygens (including phenoxy) is 2. The lowest BCUT2D eigenvalue weighted by Crippen LogP contribution is -2.34. The number of anilines is 2. The summed E-state index contributed by atoms with van der Waals surface area (Å²) in [5.74, 6) is 2.14. The van der Waals surface area contributed by atoms with E-state index < -0.39 is 0 Å². The number of rotatable bonds is 7. The van der Waals surface area contributed by atoms with E-state index in [1.54, 1.807) is 7.11 Å². The van der Waals surface area contributed by atoms with Crippen molar-refractivity contribution in [3.05, 3.63) is 53.6 Å². The van der Waals surface area contributed by atoms with Crippen LogP contribution in [0.2, 0.25) is 0 Å². The molecule has 1 aliphatic rings. The number of nitrogens with zero attached hydrogens (tertiary/aromatic N) is 4. The maximum Gasteiger partial charge on any atom is 0.288 e. The van der Waals surface area contributed by atoms with Gasteiger partial charge in [-0.3, -0.25) is 5.10 Å². The number of aromatic nitrogens is 4. The van der Waals surface area contributed by atoms with Crippen LogP contribution in [0.1, 0.15) is 18.4 Å². The molecule has 0 aliphatic carbocycles. The normalized spacial score (nSPS) is 14.3. The first-order valence-electron chi connectivity index (χ1n) is 9.75. The summed E-state index contributed by atoms with van der Waals surface area (Å²) in [6.07, 6.45) is 5.01. The number of aromatic amines is 1. The van der Waals surface area contributed by atoms with E-state index in [0.717, 1.165) is 55.2 Å². The molecule has 0 amide bonds. The Morgan fingerprint density at radius 2 is 2.07 bits per heavy atom. The molecule has 1 saturated heterocycles. The predicted octanol–water partition coefficient (Wildman–Crippen LogP) is 3.44. The average Bonchev–Trinajstić information content (AvgIpc) is 3.27. The Kier molecular flexibility index (Phi) is 6.17. The summed E-state index contributed by atoms with van der Waals surface area (Å²) in [6.45, 7) is 9.37. The van der Waals surface area contributed by atoms with Crippen molar-refractivity contribution < 1.29 is 9.47 Å². The highest BCUT2D eigenvalue weighted by atomic mass is 16.5. The van der Waals surface area contributed by atoms with Crippen LogP contribution < -0.4 is 15.4 Å². The quantitative estimate of drug-likeness (QED) is 0.518. The zero-order chi connectivity index (χ0) is 20.8. The molecule has 0 spiro atoms. The van der Waals surface area contributed by atoms with E-state index in [1.807, 2.05) is 18.2 Å². The van der Waals surface area contributed by atoms with Gasteiger partial charge in [0.25, 0.3) is 5.82 Å². The van der Waals surface area contributed by atoms with Crippen molar-refractivity contribution in [1.82, 2.24) is 25.5 Å². The first-order valence-corrected chi connectivity index (χ1v) is 9.75. The Balaban J connectivity index is 1.44. The molecule has 4 rings (SSSR count). The minimum absolute atomic E-state index is 0.249. The summed E-state index contributed by atoms with van der Waals surface area (Å²) in [5.41, 5.74) is 2.90. The highest BCUT2D eigenvalue weighted by Crippen LogP contribution is 2.31. The molecule has 3 heterocycles. The van der Waals surface area contributed by atoms with Gasteiger partial charge in [-0.1, -0.05) is 12.6 Å². The van der Waals surface area contributed by atoms with Gasteiger partial charge in [-0.05, 0) is 30.5 Å². The van der Waals surface area contributed by atoms with Gasteiger partial charge in [0.1, 0.15) is 5.75 Å². The van der Waals surface area contributed by atoms with Crippen molar-refractivity contribution >= 4 is 17.5 Å². The Morgan fingerprint density at radius 1 is 1.20 bits per heavy atom. The fraction of sp³-hybridized carbons (Fsp3) is 0.333. The zero-order valence-corrected chi connectivity index (χ0v) is 16.7. The molecule has 9 heteroatoms. The molecule has 9 nitrogen and oxygen atoms in total. The fourth-order valence-corrected chi connectivity index (χ4v) is 3.33. The summed E-state index contributed by atoms with van der Waals surface area (Å²) in [4.78, 5) is 11.4. The standard InChI is InChI=1S/C21H23N7O2/c1-22-20-12-25-21(13-24-20)26-19-10-17(27-28-19)16-4-3-14(9-18(16)29-2)11-23-15-5-7-30-8-6-15/h3-4,9-10,12-13,15,23H,5-8,11H2,2H3,(H2,25,26,27,28). The lowest BCUT2D eigenvalue weighted by atomic mass is 10.1. The smallest absolute Gasteiger partial charge is 0.288 e. The minimum Gasteiger partial charge on any atom is -0.496 e. The van der Waals surface area contributed by atoms with E-state index in [1.165, 1.54) is 12.4 Å². The van der Waals surface area contributed by atoms with Crippen molar-refractivity contribution in [2.45, 2.75) is 25.4 Å². The molecule has 3 aromatic rings. The van der Waals surface area contributed by atoms with Crippen LogP contribution in [0.25, 0.3) is 16.1 Å². The Labute approximate surface area is 174 Å². The van der Waals surface area contributed by atoms with Gasteiger partial charge in [-0.15, -0.1) is 4.98 Å². The molecule has 2 aromatic heterocycles. The first-order chi connectivity index (χ1) is 14.7. The number of hydrogen-bond donors (Lipinski definition) is 3. The molecule has 0 bridgehead atoms. The van der Waals surface area contributed by atoms with E-state index in [2.05, 4.69) is 41.7 Å².